The molecular formula is C15H17N3O2. The first-order valence-electron chi connectivity index (χ1n) is 6.37. The van der Waals surface area contributed by atoms with Gasteiger partial charge in [0.15, 0.2) is 0 Å². The first-order chi connectivity index (χ1) is 9.72. The maximum absolute atomic E-state index is 12.6. The van der Waals surface area contributed by atoms with E-state index in [9.17, 15) is 4.79 Å². The minimum Gasteiger partial charge on any atom is -0.383 e. The Kier molecular flexibility index (Phi) is 4.79. The number of carbonyl (C=O) groups is 1. The zero-order valence-corrected chi connectivity index (χ0v) is 11.6. The third kappa shape index (κ3) is 3.39. The number of carbonyl (C=O) groups excluding carboxylic acids is 1. The van der Waals surface area contributed by atoms with Gasteiger partial charge in [0.25, 0.3) is 5.91 Å². The summed E-state index contributed by atoms with van der Waals surface area (Å²) in [5.41, 5.74) is 1.42. The lowest BCUT2D eigenvalue weighted by atomic mass is 10.2. The quantitative estimate of drug-likeness (QED) is 0.835. The third-order valence-corrected chi connectivity index (χ3v) is 2.85. The van der Waals surface area contributed by atoms with Crippen LogP contribution in [0.4, 0.5) is 5.82 Å². The number of methoxy groups -OCH3 is 1. The number of amides is 1. The van der Waals surface area contributed by atoms with Crippen LogP contribution in [0.5, 0.6) is 0 Å². The Hall–Kier alpha value is -2.27. The van der Waals surface area contributed by atoms with Crippen molar-refractivity contribution in [2.24, 2.45) is 0 Å². The maximum Gasteiger partial charge on any atom is 0.261 e. The van der Waals surface area contributed by atoms with E-state index in [0.717, 1.165) is 5.69 Å². The Balaban J connectivity index is 2.26. The minimum atomic E-state index is -0.131. The van der Waals surface area contributed by atoms with E-state index in [4.69, 9.17) is 4.74 Å². The van der Waals surface area contributed by atoms with E-state index < -0.39 is 0 Å². The average molecular weight is 271 g/mol. The Labute approximate surface area is 118 Å². The summed E-state index contributed by atoms with van der Waals surface area (Å²) in [7, 11) is 1.61. The molecule has 0 aliphatic carbocycles. The molecule has 0 saturated heterocycles. The Bertz CT molecular complexity index is 555. The van der Waals surface area contributed by atoms with Crippen molar-refractivity contribution in [3.63, 3.8) is 0 Å². The number of hydrogen-bond donors (Lipinski definition) is 0. The molecule has 0 fully saturated rings. The van der Waals surface area contributed by atoms with Crippen LogP contribution in [0.1, 0.15) is 16.1 Å². The average Bonchev–Trinajstić information content (AvgIpc) is 2.49. The molecule has 0 atom stereocenters. The number of rotatable bonds is 5. The van der Waals surface area contributed by atoms with Gasteiger partial charge in [0.1, 0.15) is 5.82 Å². The summed E-state index contributed by atoms with van der Waals surface area (Å²) in [5, 5.41) is 0. The molecule has 104 valence electrons. The normalized spacial score (nSPS) is 10.3. The molecule has 0 aromatic carbocycles. The van der Waals surface area contributed by atoms with Crippen LogP contribution in [-0.4, -0.2) is 36.1 Å². The predicted octanol–water partition coefficient (Wildman–Crippen LogP) is 2.08. The van der Waals surface area contributed by atoms with Crippen molar-refractivity contribution in [2.45, 2.75) is 6.92 Å². The van der Waals surface area contributed by atoms with Gasteiger partial charge in [-0.15, -0.1) is 0 Å². The fourth-order valence-electron chi connectivity index (χ4n) is 1.77. The van der Waals surface area contributed by atoms with E-state index in [1.807, 2.05) is 25.1 Å². The van der Waals surface area contributed by atoms with Gasteiger partial charge in [-0.3, -0.25) is 14.7 Å². The smallest absolute Gasteiger partial charge is 0.261 e. The molecule has 1 amide bonds. The molecular weight excluding hydrogens is 254 g/mol. The number of nitrogens with zero attached hydrogens (tertiary/aromatic N) is 3. The van der Waals surface area contributed by atoms with Crippen LogP contribution in [0.2, 0.25) is 0 Å². The largest absolute Gasteiger partial charge is 0.383 e. The number of ether oxygens (including phenoxy) is 1. The molecule has 0 aliphatic rings. The van der Waals surface area contributed by atoms with Crippen LogP contribution in [-0.2, 0) is 4.74 Å². The van der Waals surface area contributed by atoms with Crippen LogP contribution < -0.4 is 4.90 Å². The van der Waals surface area contributed by atoms with Crippen LogP contribution in [0.25, 0.3) is 0 Å². The molecule has 0 saturated carbocycles. The van der Waals surface area contributed by atoms with Crippen molar-refractivity contribution in [3.8, 4) is 0 Å². The van der Waals surface area contributed by atoms with E-state index in [2.05, 4.69) is 9.97 Å². The molecule has 2 rings (SSSR count). The lowest BCUT2D eigenvalue weighted by Gasteiger charge is -2.21. The highest BCUT2D eigenvalue weighted by molar-refractivity contribution is 6.05. The molecule has 20 heavy (non-hydrogen) atoms. The topological polar surface area (TPSA) is 55.3 Å². The summed E-state index contributed by atoms with van der Waals surface area (Å²) in [6, 6.07) is 9.06. The van der Waals surface area contributed by atoms with Gasteiger partial charge in [-0.2, -0.15) is 0 Å². The minimum absolute atomic E-state index is 0.131. The molecule has 0 aliphatic heterocycles. The van der Waals surface area contributed by atoms with Gasteiger partial charge in [0.2, 0.25) is 0 Å². The van der Waals surface area contributed by atoms with Gasteiger partial charge in [0.05, 0.1) is 18.7 Å². The summed E-state index contributed by atoms with van der Waals surface area (Å²) in [5.74, 6) is 0.475. The second kappa shape index (κ2) is 6.77. The van der Waals surface area contributed by atoms with Crippen molar-refractivity contribution in [1.29, 1.82) is 0 Å². The van der Waals surface area contributed by atoms with Gasteiger partial charge in [-0.1, -0.05) is 6.07 Å². The Morgan fingerprint density at radius 2 is 2.10 bits per heavy atom. The standard InChI is InChI=1S/C15H17N3O2/c1-12-6-7-13(11-17-12)15(19)18(9-10-20-2)14-5-3-4-8-16-14/h3-8,11H,9-10H2,1-2H3. The number of aryl methyl sites for hydroxylation is 1. The summed E-state index contributed by atoms with van der Waals surface area (Å²) >= 11 is 0. The molecule has 2 aromatic heterocycles. The molecule has 2 aromatic rings. The van der Waals surface area contributed by atoms with Crippen molar-refractivity contribution in [3.05, 3.63) is 54.0 Å². The van der Waals surface area contributed by atoms with Gasteiger partial charge in [-0.25, -0.2) is 4.98 Å². The van der Waals surface area contributed by atoms with Crippen LogP contribution in [0.15, 0.2) is 42.7 Å². The van der Waals surface area contributed by atoms with E-state index in [-0.39, 0.29) is 5.91 Å². The molecule has 0 bridgehead atoms. The Morgan fingerprint density at radius 3 is 2.70 bits per heavy atom. The first-order valence-corrected chi connectivity index (χ1v) is 6.37. The predicted molar refractivity (Wildman–Crippen MR) is 76.8 cm³/mol. The fraction of sp³-hybridized carbons (Fsp3) is 0.267. The third-order valence-electron chi connectivity index (χ3n) is 2.85. The second-order valence-corrected chi connectivity index (χ2v) is 4.33. The van der Waals surface area contributed by atoms with Crippen molar-refractivity contribution in [1.82, 2.24) is 9.97 Å². The second-order valence-electron chi connectivity index (χ2n) is 4.33. The number of hydrogen-bond acceptors (Lipinski definition) is 4. The molecule has 2 heterocycles. The molecule has 5 nitrogen and oxygen atoms in total. The molecule has 0 N–H and O–H groups in total. The van der Waals surface area contributed by atoms with Gasteiger partial charge in [-0.05, 0) is 31.2 Å². The summed E-state index contributed by atoms with van der Waals surface area (Å²) in [6.45, 7) is 2.78. The van der Waals surface area contributed by atoms with Gasteiger partial charge in [0, 0.05) is 25.2 Å². The molecule has 0 spiro atoms. The monoisotopic (exact) mass is 271 g/mol. The number of anilines is 1. The van der Waals surface area contributed by atoms with Crippen LogP contribution >= 0.6 is 0 Å². The zero-order chi connectivity index (χ0) is 14.4. The van der Waals surface area contributed by atoms with E-state index >= 15 is 0 Å². The van der Waals surface area contributed by atoms with E-state index in [0.29, 0.717) is 24.5 Å². The SMILES string of the molecule is COCCN(C(=O)c1ccc(C)nc1)c1ccccn1. The highest BCUT2D eigenvalue weighted by atomic mass is 16.5. The van der Waals surface area contributed by atoms with Crippen molar-refractivity contribution < 1.29 is 9.53 Å². The lowest BCUT2D eigenvalue weighted by molar-refractivity contribution is 0.0974. The van der Waals surface area contributed by atoms with Gasteiger partial charge < -0.3 is 4.74 Å². The molecule has 0 unspecified atom stereocenters. The Morgan fingerprint density at radius 1 is 1.25 bits per heavy atom. The fourth-order valence-corrected chi connectivity index (χ4v) is 1.77. The van der Waals surface area contributed by atoms with Crippen LogP contribution in [0, 0.1) is 6.92 Å². The number of aromatic nitrogens is 2. The lowest BCUT2D eigenvalue weighted by Crippen LogP contribution is -2.34. The van der Waals surface area contributed by atoms with Crippen molar-refractivity contribution >= 4 is 11.7 Å². The van der Waals surface area contributed by atoms with Crippen molar-refractivity contribution in [2.75, 3.05) is 25.2 Å². The van der Waals surface area contributed by atoms with Gasteiger partial charge >= 0.3 is 0 Å². The summed E-state index contributed by atoms with van der Waals surface area (Å²) in [4.78, 5) is 22.5. The molecule has 0 radical (unpaired) electrons. The molecule has 5 heteroatoms. The van der Waals surface area contributed by atoms with Crippen LogP contribution in [0.3, 0.4) is 0 Å². The van der Waals surface area contributed by atoms with E-state index in [1.54, 1.807) is 36.5 Å². The number of pyridine rings is 2. The highest BCUT2D eigenvalue weighted by Gasteiger charge is 2.18. The van der Waals surface area contributed by atoms with E-state index in [1.165, 1.54) is 0 Å². The first kappa shape index (κ1) is 14.1. The highest BCUT2D eigenvalue weighted by Crippen LogP contribution is 2.13. The maximum atomic E-state index is 12.6. The summed E-state index contributed by atoms with van der Waals surface area (Å²) in [6.07, 6.45) is 3.25. The summed E-state index contributed by atoms with van der Waals surface area (Å²) < 4.78 is 5.06. The zero-order valence-electron chi connectivity index (χ0n) is 11.6.